The average Bonchev–Trinajstić information content (AvgIpc) is 2.94. The van der Waals surface area contributed by atoms with Gasteiger partial charge in [-0.15, -0.1) is 0 Å². The molecule has 2 heterocycles. The maximum absolute atomic E-state index is 12.5. The number of ketones is 1. The first-order chi connectivity index (χ1) is 11.1. The van der Waals surface area contributed by atoms with Crippen LogP contribution in [0.3, 0.4) is 0 Å². The molecule has 112 valence electrons. The largest absolute Gasteiger partial charge is 0.313 e. The summed E-state index contributed by atoms with van der Waals surface area (Å²) in [6.07, 6.45) is 6.77. The molecule has 0 saturated heterocycles. The van der Waals surface area contributed by atoms with Crippen molar-refractivity contribution in [2.24, 2.45) is 0 Å². The molecular formula is C18H11ClN2O2. The zero-order chi connectivity index (χ0) is 16.4. The Balaban J connectivity index is 2.23. The van der Waals surface area contributed by atoms with E-state index >= 15 is 0 Å². The van der Waals surface area contributed by atoms with E-state index in [9.17, 15) is 9.59 Å². The number of fused-ring (bicyclic) bond motifs is 1. The quantitative estimate of drug-likeness (QED) is 0.348. The van der Waals surface area contributed by atoms with Gasteiger partial charge in [0.25, 0.3) is 5.78 Å². The van der Waals surface area contributed by atoms with Gasteiger partial charge >= 0.3 is 5.91 Å². The van der Waals surface area contributed by atoms with E-state index in [0.717, 1.165) is 11.1 Å². The van der Waals surface area contributed by atoms with Crippen LogP contribution in [-0.4, -0.2) is 16.1 Å². The molecule has 0 atom stereocenters. The monoisotopic (exact) mass is 322 g/mol. The minimum atomic E-state index is -0.841. The molecule has 23 heavy (non-hydrogen) atoms. The van der Waals surface area contributed by atoms with Gasteiger partial charge in [-0.05, 0) is 35.9 Å². The molecule has 1 aromatic carbocycles. The van der Waals surface area contributed by atoms with E-state index in [2.05, 4.69) is 5.32 Å². The number of rotatable bonds is 3. The number of benzene rings is 1. The fourth-order valence-electron chi connectivity index (χ4n) is 2.43. The van der Waals surface area contributed by atoms with Crippen LogP contribution in [0, 0.1) is 12.5 Å². The Bertz CT molecular complexity index is 949. The minimum Gasteiger partial charge on any atom is -0.313 e. The van der Waals surface area contributed by atoms with E-state index < -0.39 is 11.7 Å². The fourth-order valence-corrected chi connectivity index (χ4v) is 2.56. The Labute approximate surface area is 137 Å². The highest BCUT2D eigenvalue weighted by molar-refractivity contribution is 6.44. The average molecular weight is 323 g/mol. The lowest BCUT2D eigenvalue weighted by Gasteiger charge is -2.05. The molecule has 2 aromatic heterocycles. The predicted octanol–water partition coefficient (Wildman–Crippen LogP) is 3.15. The number of carbonyl (C=O) groups is 2. The number of hydrogen-bond acceptors (Lipinski definition) is 2. The van der Waals surface area contributed by atoms with E-state index in [1.165, 1.54) is 0 Å². The maximum atomic E-state index is 12.5. The molecule has 1 N–H and O–H groups in total. The van der Waals surface area contributed by atoms with Crippen molar-refractivity contribution in [3.05, 3.63) is 65.4 Å². The number of Topliss-reactive ketones (excluding diaryl/α,β-unsaturated/α-hetero) is 1. The van der Waals surface area contributed by atoms with Gasteiger partial charge in [0.1, 0.15) is 5.69 Å². The summed E-state index contributed by atoms with van der Waals surface area (Å²) in [6, 6.07) is 16.4. The smallest absolute Gasteiger partial charge is 0.305 e. The lowest BCUT2D eigenvalue weighted by molar-refractivity contribution is -0.115. The third kappa shape index (κ3) is 2.70. The van der Waals surface area contributed by atoms with Crippen molar-refractivity contribution < 1.29 is 9.59 Å². The molecule has 5 heteroatoms. The standard InChI is InChI=1S/C18H11ClN2O2/c1-2-20-18(23)17(22)16-15(12-6-8-13(19)9-7-12)11-14-5-3-4-10-21(14)16/h1,3-11H,(H,20,23). The number of pyridine rings is 1. The summed E-state index contributed by atoms with van der Waals surface area (Å²) in [7, 11) is 0. The van der Waals surface area contributed by atoms with Crippen molar-refractivity contribution in [2.75, 3.05) is 0 Å². The molecule has 0 aliphatic heterocycles. The summed E-state index contributed by atoms with van der Waals surface area (Å²) >= 11 is 5.91. The highest BCUT2D eigenvalue weighted by Crippen LogP contribution is 2.29. The summed E-state index contributed by atoms with van der Waals surface area (Å²) in [5, 5.41) is 2.68. The van der Waals surface area contributed by atoms with Crippen molar-refractivity contribution in [1.82, 2.24) is 9.72 Å². The SMILES string of the molecule is C#CNC(=O)C(=O)c1c(-c2ccc(Cl)cc2)cc2ccccn12. The summed E-state index contributed by atoms with van der Waals surface area (Å²) < 4.78 is 1.67. The van der Waals surface area contributed by atoms with Crippen LogP contribution in [0.2, 0.25) is 5.02 Å². The fraction of sp³-hybridized carbons (Fsp3) is 0. The molecule has 3 aromatic rings. The molecule has 3 rings (SSSR count). The number of carbonyl (C=O) groups excluding carboxylic acids is 2. The summed E-state index contributed by atoms with van der Waals surface area (Å²) in [6.45, 7) is 0. The van der Waals surface area contributed by atoms with Gasteiger partial charge in [-0.1, -0.05) is 36.2 Å². The maximum Gasteiger partial charge on any atom is 0.305 e. The first kappa shape index (κ1) is 14.9. The van der Waals surface area contributed by atoms with Gasteiger partial charge in [0.2, 0.25) is 0 Å². The van der Waals surface area contributed by atoms with Gasteiger partial charge in [-0.25, -0.2) is 0 Å². The van der Waals surface area contributed by atoms with Crippen LogP contribution >= 0.6 is 11.6 Å². The van der Waals surface area contributed by atoms with E-state index in [4.69, 9.17) is 18.0 Å². The van der Waals surface area contributed by atoms with Crippen LogP contribution in [0.1, 0.15) is 10.5 Å². The molecule has 0 aliphatic rings. The van der Waals surface area contributed by atoms with Crippen molar-refractivity contribution in [1.29, 1.82) is 0 Å². The second kappa shape index (κ2) is 5.99. The van der Waals surface area contributed by atoms with Crippen molar-refractivity contribution in [3.63, 3.8) is 0 Å². The molecule has 0 spiro atoms. The van der Waals surface area contributed by atoms with Crippen molar-refractivity contribution in [2.45, 2.75) is 0 Å². The van der Waals surface area contributed by atoms with E-state index in [1.54, 1.807) is 40.9 Å². The Morgan fingerprint density at radius 1 is 1.13 bits per heavy atom. The first-order valence-electron chi connectivity index (χ1n) is 6.78. The Hall–Kier alpha value is -3.03. The van der Waals surface area contributed by atoms with E-state index in [1.807, 2.05) is 24.2 Å². The molecule has 0 radical (unpaired) electrons. The Morgan fingerprint density at radius 3 is 2.57 bits per heavy atom. The van der Waals surface area contributed by atoms with Gasteiger partial charge in [-0.3, -0.25) is 14.9 Å². The molecule has 4 nitrogen and oxygen atoms in total. The van der Waals surface area contributed by atoms with Gasteiger partial charge in [0.15, 0.2) is 0 Å². The highest BCUT2D eigenvalue weighted by Gasteiger charge is 2.24. The minimum absolute atomic E-state index is 0.260. The summed E-state index contributed by atoms with van der Waals surface area (Å²) in [5.41, 5.74) is 2.49. The Kier molecular flexibility index (Phi) is 3.88. The number of nitrogens with one attached hydrogen (secondary N) is 1. The molecule has 0 aliphatic carbocycles. The molecule has 0 saturated carbocycles. The number of aromatic nitrogens is 1. The first-order valence-corrected chi connectivity index (χ1v) is 7.16. The normalized spacial score (nSPS) is 10.3. The lowest BCUT2D eigenvalue weighted by atomic mass is 10.0. The molecule has 1 amide bonds. The predicted molar refractivity (Wildman–Crippen MR) is 89.1 cm³/mol. The van der Waals surface area contributed by atoms with Gasteiger partial charge < -0.3 is 4.40 Å². The highest BCUT2D eigenvalue weighted by atomic mass is 35.5. The van der Waals surface area contributed by atoms with E-state index in [0.29, 0.717) is 10.6 Å². The van der Waals surface area contributed by atoms with Crippen molar-refractivity contribution in [3.8, 4) is 23.6 Å². The Morgan fingerprint density at radius 2 is 1.87 bits per heavy atom. The summed E-state index contributed by atoms with van der Waals surface area (Å²) in [5.74, 6) is -1.54. The number of nitrogens with zero attached hydrogens (tertiary/aromatic N) is 1. The van der Waals surface area contributed by atoms with Crippen molar-refractivity contribution >= 4 is 28.8 Å². The van der Waals surface area contributed by atoms with Crippen LogP contribution in [0.25, 0.3) is 16.6 Å². The second-order valence-electron chi connectivity index (χ2n) is 4.84. The van der Waals surface area contributed by atoms with Crippen LogP contribution in [0.5, 0.6) is 0 Å². The van der Waals surface area contributed by atoms with Crippen LogP contribution in [0.4, 0.5) is 0 Å². The second-order valence-corrected chi connectivity index (χ2v) is 5.27. The molecular weight excluding hydrogens is 312 g/mol. The molecule has 0 fully saturated rings. The van der Waals surface area contributed by atoms with Crippen LogP contribution in [0.15, 0.2) is 54.7 Å². The van der Waals surface area contributed by atoms with Gasteiger partial charge in [-0.2, -0.15) is 0 Å². The zero-order valence-electron chi connectivity index (χ0n) is 11.9. The zero-order valence-corrected chi connectivity index (χ0v) is 12.7. The van der Waals surface area contributed by atoms with E-state index in [-0.39, 0.29) is 5.69 Å². The number of amides is 1. The van der Waals surface area contributed by atoms with Crippen LogP contribution < -0.4 is 5.32 Å². The number of halogens is 1. The topological polar surface area (TPSA) is 50.6 Å². The summed E-state index contributed by atoms with van der Waals surface area (Å²) in [4.78, 5) is 24.4. The number of hydrogen-bond donors (Lipinski definition) is 1. The lowest BCUT2D eigenvalue weighted by Crippen LogP contribution is -2.28. The van der Waals surface area contributed by atoms with Crippen LogP contribution in [-0.2, 0) is 4.79 Å². The van der Waals surface area contributed by atoms with Gasteiger partial charge in [0.05, 0.1) is 0 Å². The van der Waals surface area contributed by atoms with Gasteiger partial charge in [0, 0.05) is 28.3 Å². The number of terminal acetylenes is 1. The third-order valence-electron chi connectivity index (χ3n) is 3.44. The molecule has 0 unspecified atom stereocenters. The molecule has 0 bridgehead atoms. The third-order valence-corrected chi connectivity index (χ3v) is 3.69.